The molecule has 27 heavy (non-hydrogen) atoms. The summed E-state index contributed by atoms with van der Waals surface area (Å²) in [5.41, 5.74) is 3.27. The number of sulfonamides is 1. The number of amides is 2. The monoisotopic (exact) mass is 386 g/mol. The summed E-state index contributed by atoms with van der Waals surface area (Å²) < 4.78 is 25.8. The van der Waals surface area contributed by atoms with Crippen molar-refractivity contribution in [3.05, 3.63) is 64.7 Å². The van der Waals surface area contributed by atoms with Crippen LogP contribution >= 0.6 is 0 Å². The quantitative estimate of drug-likeness (QED) is 0.856. The first-order valence-electron chi connectivity index (χ1n) is 8.78. The van der Waals surface area contributed by atoms with Gasteiger partial charge in [-0.1, -0.05) is 42.8 Å². The molecule has 142 valence electrons. The Morgan fingerprint density at radius 3 is 2.48 bits per heavy atom. The highest BCUT2D eigenvalue weighted by molar-refractivity contribution is 7.90. The number of fused-ring (bicyclic) bond motifs is 1. The molecule has 0 saturated heterocycles. The first-order chi connectivity index (χ1) is 12.8. The standard InChI is InChI=1S/C20H22N2O4S/c1-4-17(15-10-9-13(2)11-14(15)3)21-19(23)12-22-20(24)16-7-5-6-8-18(16)27(22,25)26/h5-11,17H,4,12H2,1-3H3,(H,21,23)/t17-/m1/s1. The molecule has 1 heterocycles. The molecule has 2 aromatic carbocycles. The molecule has 0 aromatic heterocycles. The molecule has 7 heteroatoms. The molecule has 1 aliphatic rings. The molecule has 1 N–H and O–H groups in total. The third-order valence-corrected chi connectivity index (χ3v) is 6.53. The van der Waals surface area contributed by atoms with Crippen LogP contribution in [0, 0.1) is 13.8 Å². The Kier molecular flexibility index (Phi) is 5.06. The van der Waals surface area contributed by atoms with Crippen LogP contribution in [0.2, 0.25) is 0 Å². The molecule has 2 aromatic rings. The van der Waals surface area contributed by atoms with E-state index in [9.17, 15) is 18.0 Å². The number of nitrogens with one attached hydrogen (secondary N) is 1. The minimum atomic E-state index is -3.99. The maximum Gasteiger partial charge on any atom is 0.269 e. The maximum absolute atomic E-state index is 12.6. The number of nitrogens with zero attached hydrogens (tertiary/aromatic N) is 1. The maximum atomic E-state index is 12.6. The minimum Gasteiger partial charge on any atom is -0.348 e. The van der Waals surface area contributed by atoms with Crippen molar-refractivity contribution >= 4 is 21.8 Å². The van der Waals surface area contributed by atoms with Gasteiger partial charge in [-0.3, -0.25) is 9.59 Å². The average molecular weight is 386 g/mol. The smallest absolute Gasteiger partial charge is 0.269 e. The van der Waals surface area contributed by atoms with Gasteiger partial charge in [-0.15, -0.1) is 0 Å². The molecule has 0 bridgehead atoms. The van der Waals surface area contributed by atoms with Gasteiger partial charge in [0.1, 0.15) is 11.4 Å². The second kappa shape index (κ2) is 7.15. The third-order valence-electron chi connectivity index (χ3n) is 4.74. The van der Waals surface area contributed by atoms with E-state index in [1.165, 1.54) is 12.1 Å². The van der Waals surface area contributed by atoms with Crippen LogP contribution in [0.1, 0.15) is 46.4 Å². The molecule has 6 nitrogen and oxygen atoms in total. The molecule has 1 aliphatic heterocycles. The van der Waals surface area contributed by atoms with Crippen LogP contribution in [0.15, 0.2) is 47.4 Å². The lowest BCUT2D eigenvalue weighted by molar-refractivity contribution is -0.121. The molecular weight excluding hydrogens is 364 g/mol. The van der Waals surface area contributed by atoms with E-state index in [2.05, 4.69) is 5.32 Å². The highest BCUT2D eigenvalue weighted by Crippen LogP contribution is 2.29. The highest BCUT2D eigenvalue weighted by Gasteiger charge is 2.41. The van der Waals surface area contributed by atoms with Crippen LogP contribution in [0.3, 0.4) is 0 Å². The van der Waals surface area contributed by atoms with E-state index in [-0.39, 0.29) is 16.5 Å². The summed E-state index contributed by atoms with van der Waals surface area (Å²) in [5.74, 6) is -1.17. The van der Waals surface area contributed by atoms with E-state index >= 15 is 0 Å². The number of aryl methyl sites for hydroxylation is 2. The van der Waals surface area contributed by atoms with Gasteiger partial charge < -0.3 is 5.32 Å². The lowest BCUT2D eigenvalue weighted by Gasteiger charge is -2.22. The summed E-state index contributed by atoms with van der Waals surface area (Å²) >= 11 is 0. The Balaban J connectivity index is 1.79. The van der Waals surface area contributed by atoms with Crippen molar-refractivity contribution in [2.75, 3.05) is 6.54 Å². The number of carbonyl (C=O) groups is 2. The van der Waals surface area contributed by atoms with Gasteiger partial charge >= 0.3 is 0 Å². The Bertz CT molecular complexity index is 1010. The summed E-state index contributed by atoms with van der Waals surface area (Å²) in [6.07, 6.45) is 0.649. The summed E-state index contributed by atoms with van der Waals surface area (Å²) in [6, 6.07) is 11.7. The van der Waals surface area contributed by atoms with Crippen LogP contribution < -0.4 is 5.32 Å². The zero-order valence-corrected chi connectivity index (χ0v) is 16.3. The zero-order valence-electron chi connectivity index (χ0n) is 15.5. The number of hydrogen-bond donors (Lipinski definition) is 1. The van der Waals surface area contributed by atoms with Gasteiger partial charge in [-0.2, -0.15) is 0 Å². The summed E-state index contributed by atoms with van der Waals surface area (Å²) in [6.45, 7) is 5.38. The summed E-state index contributed by atoms with van der Waals surface area (Å²) in [5, 5.41) is 2.86. The van der Waals surface area contributed by atoms with Crippen LogP contribution in [-0.4, -0.2) is 31.1 Å². The van der Waals surface area contributed by atoms with Gasteiger partial charge in [0.2, 0.25) is 5.91 Å². The number of hydrogen-bond acceptors (Lipinski definition) is 4. The van der Waals surface area contributed by atoms with Gasteiger partial charge in [0.25, 0.3) is 15.9 Å². The lowest BCUT2D eigenvalue weighted by atomic mass is 9.97. The van der Waals surface area contributed by atoms with Crippen molar-refractivity contribution in [1.29, 1.82) is 0 Å². The second-order valence-electron chi connectivity index (χ2n) is 6.70. The Hall–Kier alpha value is -2.67. The zero-order chi connectivity index (χ0) is 19.8. The topological polar surface area (TPSA) is 83.6 Å². The SMILES string of the molecule is CC[C@@H](NC(=O)CN1C(=O)c2ccccc2S1(=O)=O)c1ccc(C)cc1C. The first kappa shape index (κ1) is 19.1. The Morgan fingerprint density at radius 1 is 1.15 bits per heavy atom. The number of rotatable bonds is 5. The molecule has 0 radical (unpaired) electrons. The predicted octanol–water partition coefficient (Wildman–Crippen LogP) is 2.72. The van der Waals surface area contributed by atoms with E-state index in [4.69, 9.17) is 0 Å². The molecule has 3 rings (SSSR count). The number of benzene rings is 2. The van der Waals surface area contributed by atoms with Crippen LogP contribution in [0.25, 0.3) is 0 Å². The van der Waals surface area contributed by atoms with Gasteiger partial charge in [-0.25, -0.2) is 12.7 Å². The lowest BCUT2D eigenvalue weighted by Crippen LogP contribution is -2.41. The van der Waals surface area contributed by atoms with Crippen molar-refractivity contribution in [3.63, 3.8) is 0 Å². The predicted molar refractivity (Wildman–Crippen MR) is 102 cm³/mol. The molecule has 0 unspecified atom stereocenters. The van der Waals surface area contributed by atoms with E-state index in [0.29, 0.717) is 10.7 Å². The van der Waals surface area contributed by atoms with E-state index in [0.717, 1.165) is 16.7 Å². The van der Waals surface area contributed by atoms with Crippen molar-refractivity contribution in [1.82, 2.24) is 9.62 Å². The molecule has 0 fully saturated rings. The normalized spacial score (nSPS) is 16.1. The molecule has 1 atom stereocenters. The largest absolute Gasteiger partial charge is 0.348 e. The fourth-order valence-corrected chi connectivity index (χ4v) is 4.90. The minimum absolute atomic E-state index is 0.0516. The van der Waals surface area contributed by atoms with Gasteiger partial charge in [0.05, 0.1) is 11.6 Å². The second-order valence-corrected chi connectivity index (χ2v) is 8.53. The van der Waals surface area contributed by atoms with Crippen molar-refractivity contribution in [2.24, 2.45) is 0 Å². The van der Waals surface area contributed by atoms with Crippen LogP contribution in [0.5, 0.6) is 0 Å². The molecule has 0 saturated carbocycles. The molecule has 0 aliphatic carbocycles. The molecule has 0 spiro atoms. The fourth-order valence-electron chi connectivity index (χ4n) is 3.37. The van der Waals surface area contributed by atoms with Crippen molar-refractivity contribution in [2.45, 2.75) is 38.1 Å². The molecule has 2 amide bonds. The van der Waals surface area contributed by atoms with Crippen LogP contribution in [0.4, 0.5) is 0 Å². The van der Waals surface area contributed by atoms with E-state index in [1.54, 1.807) is 12.1 Å². The van der Waals surface area contributed by atoms with Crippen molar-refractivity contribution < 1.29 is 18.0 Å². The summed E-state index contributed by atoms with van der Waals surface area (Å²) in [7, 11) is -3.99. The van der Waals surface area contributed by atoms with Gasteiger partial charge in [0, 0.05) is 0 Å². The number of carbonyl (C=O) groups excluding carboxylic acids is 2. The summed E-state index contributed by atoms with van der Waals surface area (Å²) in [4.78, 5) is 24.9. The van der Waals surface area contributed by atoms with E-state index < -0.39 is 28.4 Å². The van der Waals surface area contributed by atoms with E-state index in [1.807, 2.05) is 39.0 Å². The highest BCUT2D eigenvalue weighted by atomic mass is 32.2. The van der Waals surface area contributed by atoms with Gasteiger partial charge in [0.15, 0.2) is 0 Å². The Morgan fingerprint density at radius 2 is 1.85 bits per heavy atom. The van der Waals surface area contributed by atoms with Crippen LogP contribution in [-0.2, 0) is 14.8 Å². The Labute approximate surface area is 159 Å². The molecular formula is C20H22N2O4S. The average Bonchev–Trinajstić information content (AvgIpc) is 2.81. The van der Waals surface area contributed by atoms with Crippen molar-refractivity contribution in [3.8, 4) is 0 Å². The first-order valence-corrected chi connectivity index (χ1v) is 10.2. The van der Waals surface area contributed by atoms with Gasteiger partial charge in [-0.05, 0) is 43.5 Å². The third kappa shape index (κ3) is 3.47. The fraction of sp³-hybridized carbons (Fsp3) is 0.300.